The quantitative estimate of drug-likeness (QED) is 0.574. The van der Waals surface area contributed by atoms with Gasteiger partial charge in [0.05, 0.1) is 7.11 Å². The van der Waals surface area contributed by atoms with Crippen molar-refractivity contribution < 1.29 is 4.74 Å². The first kappa shape index (κ1) is 15.9. The lowest BCUT2D eigenvalue weighted by Gasteiger charge is -2.12. The highest BCUT2D eigenvalue weighted by Crippen LogP contribution is 2.26. The molecule has 2 aromatic carbocycles. The van der Waals surface area contributed by atoms with Gasteiger partial charge in [-0.1, -0.05) is 35.6 Å². The topological polar surface area (TPSA) is 9.23 Å². The number of aryl methyl sites for hydroxylation is 1. The summed E-state index contributed by atoms with van der Waals surface area (Å²) in [4.78, 5) is 0. The van der Waals surface area contributed by atoms with Gasteiger partial charge in [-0.25, -0.2) is 0 Å². The number of ether oxygens (including phenoxy) is 1. The van der Waals surface area contributed by atoms with Crippen molar-refractivity contribution in [1.82, 2.24) is 0 Å². The zero-order chi connectivity index (χ0) is 15.9. The zero-order valence-corrected chi connectivity index (χ0v) is 13.6. The Labute approximate surface area is 133 Å². The monoisotopic (exact) mass is 290 g/mol. The molecule has 0 unspecified atom stereocenters. The fourth-order valence-corrected chi connectivity index (χ4v) is 2.33. The van der Waals surface area contributed by atoms with E-state index in [2.05, 4.69) is 44.4 Å². The molecule has 1 heteroatoms. The van der Waals surface area contributed by atoms with E-state index < -0.39 is 0 Å². The molecule has 0 N–H and O–H groups in total. The summed E-state index contributed by atoms with van der Waals surface area (Å²) >= 11 is 0. The molecule has 22 heavy (non-hydrogen) atoms. The normalized spacial score (nSPS) is 9.77. The van der Waals surface area contributed by atoms with Gasteiger partial charge in [-0.2, -0.15) is 0 Å². The van der Waals surface area contributed by atoms with Crippen LogP contribution in [0.3, 0.4) is 0 Å². The van der Waals surface area contributed by atoms with Gasteiger partial charge < -0.3 is 4.74 Å². The fraction of sp³-hybridized carbons (Fsp3) is 0.238. The average molecular weight is 290 g/mol. The SMILES string of the molecule is C=C(C)CCc1c(C#Cc2ccccc2)cc(C)cc1OC. The Kier molecular flexibility index (Phi) is 5.44. The molecule has 0 aliphatic carbocycles. The van der Waals surface area contributed by atoms with Crippen molar-refractivity contribution in [2.45, 2.75) is 26.7 Å². The van der Waals surface area contributed by atoms with E-state index >= 15 is 0 Å². The molecule has 0 bridgehead atoms. The summed E-state index contributed by atoms with van der Waals surface area (Å²) in [7, 11) is 1.72. The van der Waals surface area contributed by atoms with Gasteiger partial charge in [0.15, 0.2) is 0 Å². The van der Waals surface area contributed by atoms with Gasteiger partial charge in [0.25, 0.3) is 0 Å². The molecule has 2 aromatic rings. The Balaban J connectivity index is 2.42. The third-order valence-corrected chi connectivity index (χ3v) is 3.49. The Bertz CT molecular complexity index is 715. The second-order valence-electron chi connectivity index (χ2n) is 5.57. The van der Waals surface area contributed by atoms with Gasteiger partial charge >= 0.3 is 0 Å². The van der Waals surface area contributed by atoms with Crippen LogP contribution in [0.4, 0.5) is 0 Å². The molecule has 0 aromatic heterocycles. The van der Waals surface area contributed by atoms with E-state index in [9.17, 15) is 0 Å². The molecule has 2 rings (SSSR count). The van der Waals surface area contributed by atoms with Crippen LogP contribution < -0.4 is 4.74 Å². The van der Waals surface area contributed by atoms with Crippen LogP contribution in [-0.2, 0) is 6.42 Å². The van der Waals surface area contributed by atoms with Gasteiger partial charge in [0.2, 0.25) is 0 Å². The summed E-state index contributed by atoms with van der Waals surface area (Å²) in [6.45, 7) is 8.11. The second-order valence-corrected chi connectivity index (χ2v) is 5.57. The lowest BCUT2D eigenvalue weighted by atomic mass is 9.97. The highest BCUT2D eigenvalue weighted by molar-refractivity contribution is 5.53. The first-order valence-corrected chi connectivity index (χ1v) is 7.49. The first-order chi connectivity index (χ1) is 10.6. The van der Waals surface area contributed by atoms with E-state index in [0.29, 0.717) is 0 Å². The van der Waals surface area contributed by atoms with Crippen molar-refractivity contribution in [2.75, 3.05) is 7.11 Å². The molecule has 0 amide bonds. The maximum atomic E-state index is 5.55. The highest BCUT2D eigenvalue weighted by Gasteiger charge is 2.09. The Morgan fingerprint density at radius 1 is 1.14 bits per heavy atom. The molecule has 0 atom stereocenters. The fourth-order valence-electron chi connectivity index (χ4n) is 2.33. The molecule has 0 heterocycles. The van der Waals surface area contributed by atoms with Gasteiger partial charge in [-0.15, -0.1) is 6.58 Å². The van der Waals surface area contributed by atoms with Crippen molar-refractivity contribution in [2.24, 2.45) is 0 Å². The lowest BCUT2D eigenvalue weighted by Crippen LogP contribution is -1.98. The van der Waals surface area contributed by atoms with E-state index in [4.69, 9.17) is 4.74 Å². The molecule has 0 radical (unpaired) electrons. The number of rotatable bonds is 4. The molecule has 1 nitrogen and oxygen atoms in total. The van der Waals surface area contributed by atoms with Gasteiger partial charge in [-0.3, -0.25) is 0 Å². The summed E-state index contributed by atoms with van der Waals surface area (Å²) in [5, 5.41) is 0. The van der Waals surface area contributed by atoms with Crippen LogP contribution in [0.1, 0.15) is 35.6 Å². The van der Waals surface area contributed by atoms with Crippen molar-refractivity contribution in [3.05, 3.63) is 76.9 Å². The predicted molar refractivity (Wildman–Crippen MR) is 93.3 cm³/mol. The minimum Gasteiger partial charge on any atom is -0.496 e. The van der Waals surface area contributed by atoms with E-state index in [1.54, 1.807) is 7.11 Å². The summed E-state index contributed by atoms with van der Waals surface area (Å²) in [6, 6.07) is 14.2. The van der Waals surface area contributed by atoms with Crippen LogP contribution in [0.5, 0.6) is 5.75 Å². The average Bonchev–Trinajstić information content (AvgIpc) is 2.52. The number of methoxy groups -OCH3 is 1. The smallest absolute Gasteiger partial charge is 0.123 e. The summed E-state index contributed by atoms with van der Waals surface area (Å²) < 4.78 is 5.55. The number of hydrogen-bond donors (Lipinski definition) is 0. The van der Waals surface area contributed by atoms with Crippen LogP contribution in [-0.4, -0.2) is 7.11 Å². The zero-order valence-electron chi connectivity index (χ0n) is 13.6. The van der Waals surface area contributed by atoms with Crippen molar-refractivity contribution in [3.8, 4) is 17.6 Å². The number of allylic oxidation sites excluding steroid dienone is 1. The lowest BCUT2D eigenvalue weighted by molar-refractivity contribution is 0.409. The Morgan fingerprint density at radius 2 is 1.86 bits per heavy atom. The Morgan fingerprint density at radius 3 is 2.50 bits per heavy atom. The van der Waals surface area contributed by atoms with Crippen LogP contribution in [0.2, 0.25) is 0 Å². The standard InChI is InChI=1S/C21H22O/c1-16(2)10-13-20-19(14-17(3)15-21(20)22-4)12-11-18-8-6-5-7-9-18/h5-9,14-15H,1,10,13H2,2-4H3. The van der Waals surface area contributed by atoms with Gasteiger partial charge in [0, 0.05) is 16.7 Å². The van der Waals surface area contributed by atoms with Crippen LogP contribution in [0.25, 0.3) is 0 Å². The maximum absolute atomic E-state index is 5.55. The minimum atomic E-state index is 0.900. The molecule has 0 saturated carbocycles. The van der Waals surface area contributed by atoms with Gasteiger partial charge in [0.1, 0.15) is 5.75 Å². The third kappa shape index (κ3) is 4.27. The Hall–Kier alpha value is -2.46. The molecular formula is C21H22O. The molecule has 0 saturated heterocycles. The van der Waals surface area contributed by atoms with Crippen molar-refractivity contribution >= 4 is 0 Å². The van der Waals surface area contributed by atoms with E-state index in [0.717, 1.165) is 35.3 Å². The largest absolute Gasteiger partial charge is 0.496 e. The molecule has 0 fully saturated rings. The molecule has 0 aliphatic rings. The third-order valence-electron chi connectivity index (χ3n) is 3.49. The van der Waals surface area contributed by atoms with E-state index in [1.165, 1.54) is 11.1 Å². The van der Waals surface area contributed by atoms with E-state index in [1.807, 2.05) is 30.3 Å². The van der Waals surface area contributed by atoms with Crippen LogP contribution in [0, 0.1) is 18.8 Å². The number of hydrogen-bond acceptors (Lipinski definition) is 1. The number of benzene rings is 2. The van der Waals surface area contributed by atoms with Crippen molar-refractivity contribution in [1.29, 1.82) is 0 Å². The summed E-state index contributed by atoms with van der Waals surface area (Å²) in [5.74, 6) is 7.46. The maximum Gasteiger partial charge on any atom is 0.123 e. The second kappa shape index (κ2) is 7.52. The minimum absolute atomic E-state index is 0.900. The van der Waals surface area contributed by atoms with Gasteiger partial charge in [-0.05, 0) is 56.5 Å². The van der Waals surface area contributed by atoms with Crippen molar-refractivity contribution in [3.63, 3.8) is 0 Å². The van der Waals surface area contributed by atoms with Crippen LogP contribution in [0.15, 0.2) is 54.6 Å². The van der Waals surface area contributed by atoms with Crippen LogP contribution >= 0.6 is 0 Å². The first-order valence-electron chi connectivity index (χ1n) is 7.49. The molecule has 112 valence electrons. The summed E-state index contributed by atoms with van der Waals surface area (Å²) in [5.41, 5.74) is 5.56. The van der Waals surface area contributed by atoms with E-state index in [-0.39, 0.29) is 0 Å². The highest BCUT2D eigenvalue weighted by atomic mass is 16.5. The molecule has 0 aliphatic heterocycles. The molecule has 0 spiro atoms. The summed E-state index contributed by atoms with van der Waals surface area (Å²) in [6.07, 6.45) is 1.84. The predicted octanol–water partition coefficient (Wildman–Crippen LogP) is 4.91. The molecular weight excluding hydrogens is 268 g/mol.